The van der Waals surface area contributed by atoms with Crippen LogP contribution in [0.15, 0.2) is 0 Å². The third-order valence-corrected chi connectivity index (χ3v) is 2.31. The standard InChI is InChI=1S/C9H19N3O/c10-4-2-1-3-9(13)12-7-5-11-6-8-12/h11H,1-8,10H2. The van der Waals surface area contributed by atoms with Gasteiger partial charge in [-0.25, -0.2) is 0 Å². The largest absolute Gasteiger partial charge is 0.340 e. The minimum absolute atomic E-state index is 0.287. The Balaban J connectivity index is 2.13. The highest BCUT2D eigenvalue weighted by atomic mass is 16.2. The van der Waals surface area contributed by atoms with Crippen LogP contribution in [-0.2, 0) is 4.79 Å². The molecule has 1 aliphatic heterocycles. The maximum Gasteiger partial charge on any atom is 0.222 e. The molecule has 0 atom stereocenters. The van der Waals surface area contributed by atoms with Crippen LogP contribution in [0.4, 0.5) is 0 Å². The van der Waals surface area contributed by atoms with E-state index >= 15 is 0 Å². The fourth-order valence-corrected chi connectivity index (χ4v) is 1.49. The third-order valence-electron chi connectivity index (χ3n) is 2.31. The number of hydrogen-bond donors (Lipinski definition) is 2. The molecule has 1 rings (SSSR count). The van der Waals surface area contributed by atoms with Gasteiger partial charge in [0, 0.05) is 32.6 Å². The first-order chi connectivity index (χ1) is 6.34. The molecule has 0 bridgehead atoms. The molecule has 1 aliphatic rings. The van der Waals surface area contributed by atoms with Crippen molar-refractivity contribution in [2.75, 3.05) is 32.7 Å². The van der Waals surface area contributed by atoms with Crippen LogP contribution in [0.5, 0.6) is 0 Å². The normalized spacial score (nSPS) is 17.5. The average molecular weight is 185 g/mol. The summed E-state index contributed by atoms with van der Waals surface area (Å²) in [5.74, 6) is 0.287. The fraction of sp³-hybridized carbons (Fsp3) is 0.889. The maximum absolute atomic E-state index is 11.5. The summed E-state index contributed by atoms with van der Waals surface area (Å²) < 4.78 is 0. The van der Waals surface area contributed by atoms with Gasteiger partial charge in [-0.2, -0.15) is 0 Å². The molecule has 1 heterocycles. The van der Waals surface area contributed by atoms with Crippen molar-refractivity contribution in [2.24, 2.45) is 5.73 Å². The first-order valence-electron chi connectivity index (χ1n) is 5.03. The quantitative estimate of drug-likeness (QED) is 0.583. The van der Waals surface area contributed by atoms with E-state index in [1.54, 1.807) is 0 Å². The number of nitrogens with two attached hydrogens (primary N) is 1. The van der Waals surface area contributed by atoms with Gasteiger partial charge in [-0.05, 0) is 19.4 Å². The lowest BCUT2D eigenvalue weighted by Crippen LogP contribution is -2.46. The summed E-state index contributed by atoms with van der Waals surface area (Å²) >= 11 is 0. The van der Waals surface area contributed by atoms with E-state index < -0.39 is 0 Å². The predicted molar refractivity (Wildman–Crippen MR) is 52.4 cm³/mol. The Morgan fingerprint density at radius 2 is 2.00 bits per heavy atom. The van der Waals surface area contributed by atoms with Gasteiger partial charge in [0.05, 0.1) is 0 Å². The van der Waals surface area contributed by atoms with Gasteiger partial charge in [0.2, 0.25) is 5.91 Å². The van der Waals surface area contributed by atoms with Crippen molar-refractivity contribution in [3.63, 3.8) is 0 Å². The van der Waals surface area contributed by atoms with Crippen molar-refractivity contribution in [1.29, 1.82) is 0 Å². The molecule has 0 aliphatic carbocycles. The summed E-state index contributed by atoms with van der Waals surface area (Å²) in [6.45, 7) is 4.28. The van der Waals surface area contributed by atoms with Gasteiger partial charge >= 0.3 is 0 Å². The number of piperazine rings is 1. The summed E-state index contributed by atoms with van der Waals surface area (Å²) in [6, 6.07) is 0. The monoisotopic (exact) mass is 185 g/mol. The van der Waals surface area contributed by atoms with Gasteiger partial charge in [-0.3, -0.25) is 4.79 Å². The molecular weight excluding hydrogens is 166 g/mol. The third kappa shape index (κ3) is 3.74. The molecule has 3 N–H and O–H groups in total. The molecule has 1 amide bonds. The van der Waals surface area contributed by atoms with E-state index in [0.29, 0.717) is 13.0 Å². The van der Waals surface area contributed by atoms with Crippen LogP contribution in [0.3, 0.4) is 0 Å². The van der Waals surface area contributed by atoms with Gasteiger partial charge in [0.1, 0.15) is 0 Å². The van der Waals surface area contributed by atoms with Crippen LogP contribution >= 0.6 is 0 Å². The lowest BCUT2D eigenvalue weighted by molar-refractivity contribution is -0.131. The average Bonchev–Trinajstić information content (AvgIpc) is 2.19. The molecule has 0 aromatic heterocycles. The van der Waals surface area contributed by atoms with E-state index in [1.807, 2.05) is 4.90 Å². The Kier molecular flexibility index (Phi) is 4.78. The van der Waals surface area contributed by atoms with E-state index in [9.17, 15) is 4.79 Å². The van der Waals surface area contributed by atoms with Crippen LogP contribution in [0.25, 0.3) is 0 Å². The van der Waals surface area contributed by atoms with Crippen LogP contribution in [0.2, 0.25) is 0 Å². The van der Waals surface area contributed by atoms with Crippen molar-refractivity contribution < 1.29 is 4.79 Å². The number of carbonyl (C=O) groups is 1. The molecule has 0 unspecified atom stereocenters. The Hall–Kier alpha value is -0.610. The van der Waals surface area contributed by atoms with Crippen LogP contribution < -0.4 is 11.1 Å². The molecule has 13 heavy (non-hydrogen) atoms. The second-order valence-electron chi connectivity index (χ2n) is 3.38. The van der Waals surface area contributed by atoms with Crippen LogP contribution in [0.1, 0.15) is 19.3 Å². The predicted octanol–water partition coefficient (Wildman–Crippen LogP) is -0.453. The summed E-state index contributed by atoms with van der Waals surface area (Å²) in [7, 11) is 0. The second-order valence-corrected chi connectivity index (χ2v) is 3.38. The lowest BCUT2D eigenvalue weighted by Gasteiger charge is -2.27. The minimum Gasteiger partial charge on any atom is -0.340 e. The second kappa shape index (κ2) is 5.94. The van der Waals surface area contributed by atoms with Crippen molar-refractivity contribution in [3.05, 3.63) is 0 Å². The first-order valence-corrected chi connectivity index (χ1v) is 5.03. The molecule has 4 heteroatoms. The number of carbonyl (C=O) groups excluding carboxylic acids is 1. The van der Waals surface area contributed by atoms with Gasteiger partial charge in [-0.1, -0.05) is 0 Å². The van der Waals surface area contributed by atoms with Crippen molar-refractivity contribution in [2.45, 2.75) is 19.3 Å². The zero-order chi connectivity index (χ0) is 9.52. The van der Waals surface area contributed by atoms with E-state index in [1.165, 1.54) is 0 Å². The summed E-state index contributed by atoms with van der Waals surface area (Å²) in [5, 5.41) is 3.22. The fourth-order valence-electron chi connectivity index (χ4n) is 1.49. The van der Waals surface area contributed by atoms with E-state index in [4.69, 9.17) is 5.73 Å². The lowest BCUT2D eigenvalue weighted by atomic mass is 10.2. The Morgan fingerprint density at radius 3 is 2.62 bits per heavy atom. The summed E-state index contributed by atoms with van der Waals surface area (Å²) in [4.78, 5) is 13.5. The van der Waals surface area contributed by atoms with E-state index in [0.717, 1.165) is 39.0 Å². The number of nitrogens with one attached hydrogen (secondary N) is 1. The smallest absolute Gasteiger partial charge is 0.222 e. The molecular formula is C9H19N3O. The topological polar surface area (TPSA) is 58.4 Å². The maximum atomic E-state index is 11.5. The van der Waals surface area contributed by atoms with Gasteiger partial charge in [0.15, 0.2) is 0 Å². The van der Waals surface area contributed by atoms with Crippen LogP contribution in [-0.4, -0.2) is 43.5 Å². The summed E-state index contributed by atoms with van der Waals surface area (Å²) in [6.07, 6.45) is 2.55. The van der Waals surface area contributed by atoms with Gasteiger partial charge in [-0.15, -0.1) is 0 Å². The van der Waals surface area contributed by atoms with Crippen molar-refractivity contribution >= 4 is 5.91 Å². The van der Waals surface area contributed by atoms with Crippen molar-refractivity contribution in [1.82, 2.24) is 10.2 Å². The van der Waals surface area contributed by atoms with Gasteiger partial charge < -0.3 is 16.0 Å². The Labute approximate surface area is 79.5 Å². The Bertz CT molecular complexity index is 155. The number of hydrogen-bond acceptors (Lipinski definition) is 3. The highest BCUT2D eigenvalue weighted by Gasteiger charge is 2.14. The zero-order valence-electron chi connectivity index (χ0n) is 8.09. The minimum atomic E-state index is 0.287. The first kappa shape index (κ1) is 10.5. The number of rotatable bonds is 4. The zero-order valence-corrected chi connectivity index (χ0v) is 8.09. The Morgan fingerprint density at radius 1 is 1.31 bits per heavy atom. The SMILES string of the molecule is NCCCCC(=O)N1CCNCC1. The summed E-state index contributed by atoms with van der Waals surface area (Å²) in [5.41, 5.74) is 5.36. The number of amides is 1. The molecule has 0 aromatic rings. The van der Waals surface area contributed by atoms with Crippen LogP contribution in [0, 0.1) is 0 Å². The van der Waals surface area contributed by atoms with Crippen molar-refractivity contribution in [3.8, 4) is 0 Å². The molecule has 76 valence electrons. The number of nitrogens with zero attached hydrogens (tertiary/aromatic N) is 1. The number of unbranched alkanes of at least 4 members (excludes halogenated alkanes) is 1. The molecule has 0 aromatic carbocycles. The van der Waals surface area contributed by atoms with E-state index in [2.05, 4.69) is 5.32 Å². The molecule has 0 saturated carbocycles. The molecule has 0 spiro atoms. The molecule has 1 saturated heterocycles. The molecule has 4 nitrogen and oxygen atoms in total. The molecule has 0 radical (unpaired) electrons. The van der Waals surface area contributed by atoms with Gasteiger partial charge in [0.25, 0.3) is 0 Å². The molecule has 1 fully saturated rings. The van der Waals surface area contributed by atoms with E-state index in [-0.39, 0.29) is 5.91 Å². The highest BCUT2D eigenvalue weighted by molar-refractivity contribution is 5.76. The highest BCUT2D eigenvalue weighted by Crippen LogP contribution is 2.01.